The van der Waals surface area contributed by atoms with Crippen molar-refractivity contribution < 1.29 is 9.53 Å². The second kappa shape index (κ2) is 5.88. The van der Waals surface area contributed by atoms with Gasteiger partial charge in [-0.3, -0.25) is 0 Å². The number of carbonyl (C=O) groups excluding carboxylic acids is 1. The number of carbonyl (C=O) groups is 1. The maximum Gasteiger partial charge on any atom is 0.350 e. The molecule has 1 unspecified atom stereocenters. The summed E-state index contributed by atoms with van der Waals surface area (Å²) in [6.07, 6.45) is 2.38. The fraction of sp³-hybridized carbons (Fsp3) is 0.692. The second-order valence-corrected chi connectivity index (χ2v) is 6.05. The van der Waals surface area contributed by atoms with Crippen LogP contribution in [-0.4, -0.2) is 56.2 Å². The molecule has 0 saturated carbocycles. The fourth-order valence-corrected chi connectivity index (χ4v) is 3.44. The summed E-state index contributed by atoms with van der Waals surface area (Å²) in [5, 5.41) is 0.901. The number of thiazole rings is 1. The molecular formula is C13H21N3O2S. The highest BCUT2D eigenvalue weighted by Gasteiger charge is 2.25. The van der Waals surface area contributed by atoms with Crippen LogP contribution in [0.3, 0.4) is 0 Å². The van der Waals surface area contributed by atoms with Crippen molar-refractivity contribution in [2.75, 3.05) is 39.2 Å². The first-order chi connectivity index (χ1) is 9.02. The fourth-order valence-electron chi connectivity index (χ4n) is 2.43. The van der Waals surface area contributed by atoms with Gasteiger partial charge in [-0.2, -0.15) is 0 Å². The van der Waals surface area contributed by atoms with E-state index >= 15 is 0 Å². The Bertz CT molecular complexity index is 461. The summed E-state index contributed by atoms with van der Waals surface area (Å²) in [6.45, 7) is 4.06. The number of nitrogens with zero attached hydrogens (tertiary/aromatic N) is 3. The van der Waals surface area contributed by atoms with Gasteiger partial charge >= 0.3 is 5.97 Å². The summed E-state index contributed by atoms with van der Waals surface area (Å²) < 4.78 is 4.78. The number of ether oxygens (including phenoxy) is 1. The van der Waals surface area contributed by atoms with Crippen molar-refractivity contribution in [3.63, 3.8) is 0 Å². The first-order valence-corrected chi connectivity index (χ1v) is 7.31. The molecule has 0 amide bonds. The number of hydrogen-bond acceptors (Lipinski definition) is 6. The third kappa shape index (κ3) is 3.06. The van der Waals surface area contributed by atoms with Crippen LogP contribution in [0.25, 0.3) is 0 Å². The van der Waals surface area contributed by atoms with Crippen LogP contribution in [0.15, 0.2) is 0 Å². The summed E-state index contributed by atoms with van der Waals surface area (Å²) in [5.41, 5.74) is 0.753. The Hall–Kier alpha value is -1.14. The number of aromatic nitrogens is 1. The third-order valence-electron chi connectivity index (χ3n) is 3.61. The quantitative estimate of drug-likeness (QED) is 0.791. The summed E-state index contributed by atoms with van der Waals surface area (Å²) in [7, 11) is 5.61. The van der Waals surface area contributed by atoms with Crippen LogP contribution in [0.2, 0.25) is 0 Å². The second-order valence-electron chi connectivity index (χ2n) is 5.07. The molecule has 0 bridgehead atoms. The van der Waals surface area contributed by atoms with Crippen LogP contribution in [0, 0.1) is 6.92 Å². The molecule has 2 heterocycles. The van der Waals surface area contributed by atoms with E-state index in [0.29, 0.717) is 10.9 Å². The maximum atomic E-state index is 11.6. The molecule has 6 heteroatoms. The van der Waals surface area contributed by atoms with Crippen LogP contribution in [-0.2, 0) is 4.74 Å². The Morgan fingerprint density at radius 3 is 2.95 bits per heavy atom. The highest BCUT2D eigenvalue weighted by molar-refractivity contribution is 7.17. The zero-order chi connectivity index (χ0) is 14.0. The number of rotatable bonds is 3. The van der Waals surface area contributed by atoms with Crippen LogP contribution >= 0.6 is 11.3 Å². The van der Waals surface area contributed by atoms with E-state index < -0.39 is 0 Å². The molecule has 1 atom stereocenters. The number of piperidine rings is 1. The number of likely N-dealkylation sites (N-methyl/N-ethyl adjacent to an activating group) is 2. The van der Waals surface area contributed by atoms with Crippen molar-refractivity contribution in [2.24, 2.45) is 0 Å². The van der Waals surface area contributed by atoms with Gasteiger partial charge in [0.1, 0.15) is 4.88 Å². The normalized spacial score (nSPS) is 20.3. The lowest BCUT2D eigenvalue weighted by Crippen LogP contribution is -2.45. The standard InChI is InChI=1S/C13H21N3O2S/c1-9-11(12(17)18-4)19-13(14-9)16(3)10-6-5-7-15(2)8-10/h10H,5-8H2,1-4H3. The average Bonchev–Trinajstić information content (AvgIpc) is 2.79. The van der Waals surface area contributed by atoms with E-state index in [1.54, 1.807) is 0 Å². The van der Waals surface area contributed by atoms with Gasteiger partial charge in [0.25, 0.3) is 0 Å². The van der Waals surface area contributed by atoms with Crippen molar-refractivity contribution >= 4 is 22.4 Å². The van der Waals surface area contributed by atoms with E-state index in [1.807, 2.05) is 6.92 Å². The van der Waals surface area contributed by atoms with Crippen LogP contribution in [0.4, 0.5) is 5.13 Å². The molecule has 106 valence electrons. The topological polar surface area (TPSA) is 45.7 Å². The first-order valence-electron chi connectivity index (χ1n) is 6.50. The Kier molecular flexibility index (Phi) is 4.42. The molecule has 0 aliphatic carbocycles. The van der Waals surface area contributed by atoms with Crippen molar-refractivity contribution in [1.29, 1.82) is 0 Å². The molecule has 0 spiro atoms. The Morgan fingerprint density at radius 1 is 1.58 bits per heavy atom. The molecule has 1 aromatic rings. The summed E-state index contributed by atoms with van der Waals surface area (Å²) in [6, 6.07) is 0.467. The lowest BCUT2D eigenvalue weighted by atomic mass is 10.1. The van der Waals surface area contributed by atoms with E-state index in [2.05, 4.69) is 28.9 Å². The Balaban J connectivity index is 2.15. The molecule has 5 nitrogen and oxygen atoms in total. The van der Waals surface area contributed by atoms with Gasteiger partial charge in [0, 0.05) is 19.6 Å². The SMILES string of the molecule is COC(=O)c1sc(N(C)C2CCCN(C)C2)nc1C. The summed E-state index contributed by atoms with van der Waals surface area (Å²) in [4.78, 5) is 21.3. The monoisotopic (exact) mass is 283 g/mol. The molecule has 2 rings (SSSR count). The molecular weight excluding hydrogens is 262 g/mol. The molecule has 1 saturated heterocycles. The van der Waals surface area contributed by atoms with Crippen molar-refractivity contribution in [2.45, 2.75) is 25.8 Å². The Labute approximate surface area is 118 Å². The third-order valence-corrected chi connectivity index (χ3v) is 4.83. The highest BCUT2D eigenvalue weighted by Crippen LogP contribution is 2.28. The minimum atomic E-state index is -0.296. The van der Waals surface area contributed by atoms with E-state index in [4.69, 9.17) is 4.74 Å². The lowest BCUT2D eigenvalue weighted by Gasteiger charge is -2.35. The number of aryl methyl sites for hydroxylation is 1. The van der Waals surface area contributed by atoms with Gasteiger partial charge in [-0.1, -0.05) is 11.3 Å². The number of esters is 1. The molecule has 1 aliphatic heterocycles. The molecule has 1 aromatic heterocycles. The van der Waals surface area contributed by atoms with Gasteiger partial charge in [-0.05, 0) is 33.4 Å². The highest BCUT2D eigenvalue weighted by atomic mass is 32.1. The number of anilines is 1. The van der Waals surface area contributed by atoms with Crippen molar-refractivity contribution in [1.82, 2.24) is 9.88 Å². The molecule has 1 aliphatic rings. The number of likely N-dealkylation sites (tertiary alicyclic amines) is 1. The smallest absolute Gasteiger partial charge is 0.350 e. The van der Waals surface area contributed by atoms with Gasteiger partial charge in [0.15, 0.2) is 5.13 Å². The predicted octanol–water partition coefficient (Wildman–Crippen LogP) is 1.77. The van der Waals surface area contributed by atoms with E-state index in [-0.39, 0.29) is 5.97 Å². The number of hydrogen-bond donors (Lipinski definition) is 0. The van der Waals surface area contributed by atoms with Gasteiger partial charge in [0.2, 0.25) is 0 Å². The van der Waals surface area contributed by atoms with Crippen LogP contribution in [0.5, 0.6) is 0 Å². The largest absolute Gasteiger partial charge is 0.465 e. The zero-order valence-corrected chi connectivity index (χ0v) is 12.8. The minimum absolute atomic E-state index is 0.296. The van der Waals surface area contributed by atoms with Gasteiger partial charge in [0.05, 0.1) is 12.8 Å². The predicted molar refractivity (Wildman–Crippen MR) is 77.1 cm³/mol. The minimum Gasteiger partial charge on any atom is -0.465 e. The van der Waals surface area contributed by atoms with Crippen molar-refractivity contribution in [3.8, 4) is 0 Å². The Morgan fingerprint density at radius 2 is 2.32 bits per heavy atom. The van der Waals surface area contributed by atoms with Crippen LogP contribution in [0.1, 0.15) is 28.2 Å². The average molecular weight is 283 g/mol. The lowest BCUT2D eigenvalue weighted by molar-refractivity contribution is 0.0605. The maximum absolute atomic E-state index is 11.6. The van der Waals surface area contributed by atoms with E-state index in [0.717, 1.165) is 23.9 Å². The van der Waals surface area contributed by atoms with Gasteiger partial charge < -0.3 is 14.5 Å². The van der Waals surface area contributed by atoms with E-state index in [9.17, 15) is 4.79 Å². The summed E-state index contributed by atoms with van der Waals surface area (Å²) in [5.74, 6) is -0.296. The van der Waals surface area contributed by atoms with Gasteiger partial charge in [-0.15, -0.1) is 0 Å². The molecule has 1 fully saturated rings. The zero-order valence-electron chi connectivity index (χ0n) is 12.0. The molecule has 19 heavy (non-hydrogen) atoms. The van der Waals surface area contributed by atoms with E-state index in [1.165, 1.54) is 31.3 Å². The molecule has 0 aromatic carbocycles. The molecule has 0 N–H and O–H groups in total. The summed E-state index contributed by atoms with van der Waals surface area (Å²) >= 11 is 1.42. The molecule has 0 radical (unpaired) electrons. The van der Waals surface area contributed by atoms with Crippen LogP contribution < -0.4 is 4.90 Å². The van der Waals surface area contributed by atoms with Crippen molar-refractivity contribution in [3.05, 3.63) is 10.6 Å². The first kappa shape index (κ1) is 14.3. The van der Waals surface area contributed by atoms with Gasteiger partial charge in [-0.25, -0.2) is 9.78 Å². The number of methoxy groups -OCH3 is 1.